The highest BCUT2D eigenvalue weighted by molar-refractivity contribution is 9.11. The molecule has 0 aliphatic carbocycles. The standard InChI is InChI=1S/C26H20Br2N2O3/c27-22-13-17(15-29-30-26(32)24(31)19-8-2-1-3-9-19)14-23(28)25(22)33-16-20-11-6-10-18-7-4-5-12-21(18)20/h1-15,24,31H,16H2,(H,30,32)/b29-15-/t24-/m0/s1. The third-order valence-corrected chi connectivity index (χ3v) is 6.20. The zero-order chi connectivity index (χ0) is 23.2. The van der Waals surface area contributed by atoms with Gasteiger partial charge < -0.3 is 9.84 Å². The molecule has 0 aliphatic heterocycles. The molecule has 0 spiro atoms. The number of aliphatic hydroxyl groups is 1. The molecule has 0 fully saturated rings. The summed E-state index contributed by atoms with van der Waals surface area (Å²) >= 11 is 7.10. The number of aliphatic hydroxyl groups excluding tert-OH is 1. The maximum absolute atomic E-state index is 12.1. The summed E-state index contributed by atoms with van der Waals surface area (Å²) in [7, 11) is 0. The number of halogens is 2. The smallest absolute Gasteiger partial charge is 0.273 e. The molecule has 33 heavy (non-hydrogen) atoms. The van der Waals surface area contributed by atoms with Gasteiger partial charge in [0.1, 0.15) is 12.4 Å². The number of ether oxygens (including phenoxy) is 1. The number of hydrazone groups is 1. The highest BCUT2D eigenvalue weighted by atomic mass is 79.9. The molecule has 4 aromatic carbocycles. The lowest BCUT2D eigenvalue weighted by Crippen LogP contribution is -2.25. The van der Waals surface area contributed by atoms with E-state index in [2.05, 4.69) is 66.7 Å². The first kappa shape index (κ1) is 23.2. The Morgan fingerprint density at radius 2 is 1.64 bits per heavy atom. The fraction of sp³-hybridized carbons (Fsp3) is 0.0769. The van der Waals surface area contributed by atoms with Gasteiger partial charge in [0.25, 0.3) is 5.91 Å². The summed E-state index contributed by atoms with van der Waals surface area (Å²) in [5.41, 5.74) is 4.70. The van der Waals surface area contributed by atoms with Gasteiger partial charge in [-0.05, 0) is 71.5 Å². The molecule has 1 atom stereocenters. The van der Waals surface area contributed by atoms with Gasteiger partial charge in [0, 0.05) is 0 Å². The number of amides is 1. The maximum atomic E-state index is 12.1. The van der Waals surface area contributed by atoms with Crippen molar-refractivity contribution in [2.45, 2.75) is 12.7 Å². The van der Waals surface area contributed by atoms with Crippen LogP contribution in [0.25, 0.3) is 10.8 Å². The quantitative estimate of drug-likeness (QED) is 0.208. The van der Waals surface area contributed by atoms with Crippen molar-refractivity contribution in [3.63, 3.8) is 0 Å². The summed E-state index contributed by atoms with van der Waals surface area (Å²) in [6.45, 7) is 0.416. The fourth-order valence-corrected chi connectivity index (χ4v) is 4.83. The van der Waals surface area contributed by atoms with E-state index in [1.807, 2.05) is 36.4 Å². The van der Waals surface area contributed by atoms with Crippen LogP contribution < -0.4 is 10.2 Å². The molecule has 0 bridgehead atoms. The second kappa shape index (κ2) is 10.7. The molecule has 166 valence electrons. The van der Waals surface area contributed by atoms with Crippen molar-refractivity contribution in [2.75, 3.05) is 0 Å². The minimum Gasteiger partial charge on any atom is -0.487 e. The molecule has 0 unspecified atom stereocenters. The van der Waals surface area contributed by atoms with Crippen molar-refractivity contribution < 1.29 is 14.6 Å². The number of carbonyl (C=O) groups excluding carboxylic acids is 1. The Hall–Kier alpha value is -3.00. The molecule has 0 aromatic heterocycles. The zero-order valence-corrected chi connectivity index (χ0v) is 20.6. The number of benzene rings is 4. The lowest BCUT2D eigenvalue weighted by molar-refractivity contribution is -0.129. The van der Waals surface area contributed by atoms with Crippen LogP contribution in [-0.2, 0) is 11.4 Å². The van der Waals surface area contributed by atoms with Crippen LogP contribution in [-0.4, -0.2) is 17.2 Å². The van der Waals surface area contributed by atoms with E-state index in [0.717, 1.165) is 25.5 Å². The molecule has 7 heteroatoms. The second-order valence-corrected chi connectivity index (χ2v) is 9.00. The first-order chi connectivity index (χ1) is 16.0. The maximum Gasteiger partial charge on any atom is 0.273 e. The average Bonchev–Trinajstić information content (AvgIpc) is 2.83. The number of nitrogens with one attached hydrogen (secondary N) is 1. The molecule has 0 saturated carbocycles. The Morgan fingerprint density at radius 1 is 0.970 bits per heavy atom. The normalized spacial score (nSPS) is 12.1. The number of carbonyl (C=O) groups is 1. The molecule has 0 aliphatic rings. The molecule has 4 aromatic rings. The van der Waals surface area contributed by atoms with Crippen LogP contribution in [0.15, 0.2) is 99.0 Å². The average molecular weight is 568 g/mol. The Morgan fingerprint density at radius 3 is 2.39 bits per heavy atom. The summed E-state index contributed by atoms with van der Waals surface area (Å²) in [6, 6.07) is 26.7. The van der Waals surface area contributed by atoms with Gasteiger partial charge in [-0.2, -0.15) is 5.10 Å². The molecule has 0 heterocycles. The Balaban J connectivity index is 1.42. The largest absolute Gasteiger partial charge is 0.487 e. The highest BCUT2D eigenvalue weighted by Crippen LogP contribution is 2.35. The predicted octanol–water partition coefficient (Wildman–Crippen LogP) is 6.13. The first-order valence-electron chi connectivity index (χ1n) is 10.2. The topological polar surface area (TPSA) is 70.9 Å². The monoisotopic (exact) mass is 566 g/mol. The van der Waals surface area contributed by atoms with Crippen LogP contribution in [0.3, 0.4) is 0 Å². The van der Waals surface area contributed by atoms with Crippen molar-refractivity contribution in [2.24, 2.45) is 5.10 Å². The van der Waals surface area contributed by atoms with E-state index in [-0.39, 0.29) is 0 Å². The number of hydrogen-bond acceptors (Lipinski definition) is 4. The van der Waals surface area contributed by atoms with Crippen molar-refractivity contribution >= 4 is 54.8 Å². The second-order valence-electron chi connectivity index (χ2n) is 7.29. The van der Waals surface area contributed by atoms with Crippen LogP contribution in [0.4, 0.5) is 0 Å². The molecule has 1 amide bonds. The molecule has 5 nitrogen and oxygen atoms in total. The number of fused-ring (bicyclic) bond motifs is 1. The van der Waals surface area contributed by atoms with Gasteiger partial charge in [0.2, 0.25) is 0 Å². The van der Waals surface area contributed by atoms with E-state index in [9.17, 15) is 9.90 Å². The van der Waals surface area contributed by atoms with Crippen LogP contribution in [0.1, 0.15) is 22.8 Å². The van der Waals surface area contributed by atoms with Gasteiger partial charge in [-0.15, -0.1) is 0 Å². The summed E-state index contributed by atoms with van der Waals surface area (Å²) in [5.74, 6) is 0.0641. The molecule has 2 N–H and O–H groups in total. The minimum absolute atomic E-state index is 0.416. The summed E-state index contributed by atoms with van der Waals surface area (Å²) in [6.07, 6.45) is 0.214. The lowest BCUT2D eigenvalue weighted by Gasteiger charge is -2.13. The number of rotatable bonds is 7. The van der Waals surface area contributed by atoms with Gasteiger partial charge in [-0.1, -0.05) is 72.8 Å². The van der Waals surface area contributed by atoms with Gasteiger partial charge in [-0.25, -0.2) is 5.43 Å². The van der Waals surface area contributed by atoms with E-state index in [4.69, 9.17) is 4.74 Å². The summed E-state index contributed by atoms with van der Waals surface area (Å²) in [4.78, 5) is 12.1. The SMILES string of the molecule is O=C(N/N=C\c1cc(Br)c(OCc2cccc3ccccc23)c(Br)c1)[C@@H](O)c1ccccc1. The van der Waals surface area contributed by atoms with E-state index in [1.165, 1.54) is 11.6 Å². The van der Waals surface area contributed by atoms with E-state index in [0.29, 0.717) is 17.9 Å². The van der Waals surface area contributed by atoms with E-state index < -0.39 is 12.0 Å². The fourth-order valence-electron chi connectivity index (χ4n) is 3.38. The Labute approximate surface area is 208 Å². The van der Waals surface area contributed by atoms with Crippen LogP contribution in [0, 0.1) is 0 Å². The highest BCUT2D eigenvalue weighted by Gasteiger charge is 2.16. The third-order valence-electron chi connectivity index (χ3n) is 5.02. The number of nitrogens with zero attached hydrogens (tertiary/aromatic N) is 1. The van der Waals surface area contributed by atoms with Gasteiger partial charge in [-0.3, -0.25) is 4.79 Å². The van der Waals surface area contributed by atoms with Crippen LogP contribution >= 0.6 is 31.9 Å². The van der Waals surface area contributed by atoms with Crippen molar-refractivity contribution in [3.8, 4) is 5.75 Å². The van der Waals surface area contributed by atoms with Crippen LogP contribution in [0.5, 0.6) is 5.75 Å². The van der Waals surface area contributed by atoms with Crippen LogP contribution in [0.2, 0.25) is 0 Å². The predicted molar refractivity (Wildman–Crippen MR) is 137 cm³/mol. The Bertz CT molecular complexity index is 1280. The molecule has 4 rings (SSSR count). The van der Waals surface area contributed by atoms with Gasteiger partial charge >= 0.3 is 0 Å². The lowest BCUT2D eigenvalue weighted by atomic mass is 10.1. The molecule has 0 radical (unpaired) electrons. The third kappa shape index (κ3) is 5.68. The summed E-state index contributed by atoms with van der Waals surface area (Å²) < 4.78 is 7.59. The van der Waals surface area contributed by atoms with Crippen molar-refractivity contribution in [3.05, 3.63) is 111 Å². The van der Waals surface area contributed by atoms with E-state index in [1.54, 1.807) is 24.3 Å². The molecular weight excluding hydrogens is 548 g/mol. The minimum atomic E-state index is -1.29. The Kier molecular flexibility index (Phi) is 7.54. The van der Waals surface area contributed by atoms with Gasteiger partial charge in [0.15, 0.2) is 6.10 Å². The zero-order valence-electron chi connectivity index (χ0n) is 17.4. The summed E-state index contributed by atoms with van der Waals surface area (Å²) in [5, 5.41) is 16.4. The van der Waals surface area contributed by atoms with Crippen molar-refractivity contribution in [1.82, 2.24) is 5.43 Å². The molecular formula is C26H20Br2N2O3. The molecule has 0 saturated heterocycles. The first-order valence-corrected chi connectivity index (χ1v) is 11.8. The van der Waals surface area contributed by atoms with E-state index >= 15 is 0 Å². The number of hydrogen-bond donors (Lipinski definition) is 2. The van der Waals surface area contributed by atoms with Crippen molar-refractivity contribution in [1.29, 1.82) is 0 Å². The van der Waals surface area contributed by atoms with Gasteiger partial charge in [0.05, 0.1) is 15.2 Å².